The van der Waals surface area contributed by atoms with Crippen molar-refractivity contribution in [3.8, 4) is 0 Å². The monoisotopic (exact) mass is 282 g/mol. The average Bonchev–Trinajstić information content (AvgIpc) is 2.38. The van der Waals surface area contributed by atoms with Crippen LogP contribution in [0.2, 0.25) is 0 Å². The summed E-state index contributed by atoms with van der Waals surface area (Å²) < 4.78 is 4.77. The van der Waals surface area contributed by atoms with E-state index in [0.29, 0.717) is 12.0 Å². The van der Waals surface area contributed by atoms with Crippen molar-refractivity contribution in [1.82, 2.24) is 5.32 Å². The van der Waals surface area contributed by atoms with E-state index in [1.165, 1.54) is 19.2 Å². The third-order valence-corrected chi connectivity index (χ3v) is 2.66. The molecule has 0 saturated carbocycles. The lowest BCUT2D eigenvalue weighted by Crippen LogP contribution is -2.28. The first-order valence-electron chi connectivity index (χ1n) is 6.15. The zero-order chi connectivity index (χ0) is 15.1. The number of hydrogen-bond donors (Lipinski definition) is 2. The van der Waals surface area contributed by atoms with E-state index in [9.17, 15) is 20.0 Å². The summed E-state index contributed by atoms with van der Waals surface area (Å²) in [4.78, 5) is 22.1. The standard InChI is InChI=1S/C13H18N2O5/c1-9-5-10(7-11(6-9)15(18)19)13(17)14-4-3-12(16)8-20-2/h5-7,12,16H,3-4,8H2,1-2H3,(H,14,17). The van der Waals surface area contributed by atoms with Crippen LogP contribution in [0.25, 0.3) is 0 Å². The van der Waals surface area contributed by atoms with Gasteiger partial charge in [0.25, 0.3) is 11.6 Å². The van der Waals surface area contributed by atoms with Gasteiger partial charge in [-0.25, -0.2) is 0 Å². The van der Waals surface area contributed by atoms with E-state index in [4.69, 9.17) is 4.74 Å². The molecule has 110 valence electrons. The number of hydrogen-bond acceptors (Lipinski definition) is 5. The van der Waals surface area contributed by atoms with Crippen molar-refractivity contribution < 1.29 is 19.6 Å². The van der Waals surface area contributed by atoms with Crippen LogP contribution in [-0.2, 0) is 4.74 Å². The van der Waals surface area contributed by atoms with Crippen molar-refractivity contribution in [2.45, 2.75) is 19.4 Å². The van der Waals surface area contributed by atoms with Gasteiger partial charge in [0.05, 0.1) is 17.6 Å². The van der Waals surface area contributed by atoms with Crippen molar-refractivity contribution >= 4 is 11.6 Å². The number of non-ortho nitro benzene ring substituents is 1. The molecule has 0 aliphatic heterocycles. The number of nitrogens with zero attached hydrogens (tertiary/aromatic N) is 1. The Morgan fingerprint density at radius 2 is 2.20 bits per heavy atom. The Balaban J connectivity index is 2.61. The molecule has 1 rings (SSSR count). The maximum absolute atomic E-state index is 11.9. The van der Waals surface area contributed by atoms with E-state index >= 15 is 0 Å². The first kappa shape index (κ1) is 16.1. The van der Waals surface area contributed by atoms with Gasteiger partial charge in [0.15, 0.2) is 0 Å². The molecule has 1 unspecified atom stereocenters. The minimum absolute atomic E-state index is 0.116. The number of benzene rings is 1. The molecule has 0 spiro atoms. The second-order valence-electron chi connectivity index (χ2n) is 4.47. The lowest BCUT2D eigenvalue weighted by Gasteiger charge is -2.10. The Bertz CT molecular complexity index is 490. The number of aliphatic hydroxyl groups excluding tert-OH is 1. The number of aryl methyl sites for hydroxylation is 1. The van der Waals surface area contributed by atoms with Gasteiger partial charge in [-0.2, -0.15) is 0 Å². The van der Waals surface area contributed by atoms with Crippen molar-refractivity contribution in [2.75, 3.05) is 20.3 Å². The summed E-state index contributed by atoms with van der Waals surface area (Å²) in [7, 11) is 1.48. The number of nitro groups is 1. The van der Waals surface area contributed by atoms with E-state index in [2.05, 4.69) is 5.32 Å². The number of carbonyl (C=O) groups is 1. The molecule has 0 fully saturated rings. The predicted octanol–water partition coefficient (Wildman–Crippen LogP) is 1.03. The summed E-state index contributed by atoms with van der Waals surface area (Å²) in [5, 5.41) is 22.8. The van der Waals surface area contributed by atoms with Gasteiger partial charge < -0.3 is 15.2 Å². The maximum atomic E-state index is 11.9. The number of nitrogens with one attached hydrogen (secondary N) is 1. The molecule has 0 heterocycles. The fourth-order valence-electron chi connectivity index (χ4n) is 1.73. The largest absolute Gasteiger partial charge is 0.391 e. The van der Waals surface area contributed by atoms with Gasteiger partial charge in [-0.3, -0.25) is 14.9 Å². The molecule has 1 amide bonds. The Morgan fingerprint density at radius 3 is 2.80 bits per heavy atom. The highest BCUT2D eigenvalue weighted by molar-refractivity contribution is 5.95. The minimum atomic E-state index is -0.646. The highest BCUT2D eigenvalue weighted by atomic mass is 16.6. The second-order valence-corrected chi connectivity index (χ2v) is 4.47. The van der Waals surface area contributed by atoms with Gasteiger partial charge in [0.2, 0.25) is 0 Å². The van der Waals surface area contributed by atoms with Crippen molar-refractivity contribution in [3.63, 3.8) is 0 Å². The maximum Gasteiger partial charge on any atom is 0.270 e. The molecule has 0 aliphatic rings. The van der Waals surface area contributed by atoms with Crippen LogP contribution in [0.5, 0.6) is 0 Å². The number of aliphatic hydroxyl groups is 1. The van der Waals surface area contributed by atoms with Crippen molar-refractivity contribution in [3.05, 3.63) is 39.4 Å². The summed E-state index contributed by atoms with van der Waals surface area (Å²) in [6, 6.07) is 4.21. The molecule has 0 aliphatic carbocycles. The topological polar surface area (TPSA) is 102 Å². The van der Waals surface area contributed by atoms with Gasteiger partial charge in [0.1, 0.15) is 0 Å². The van der Waals surface area contributed by atoms with E-state index < -0.39 is 16.9 Å². The molecule has 0 radical (unpaired) electrons. The summed E-state index contributed by atoms with van der Waals surface area (Å²) in [5.74, 6) is -0.401. The van der Waals surface area contributed by atoms with E-state index in [0.717, 1.165) is 0 Å². The van der Waals surface area contributed by atoms with Gasteiger partial charge in [-0.05, 0) is 25.0 Å². The molecular weight excluding hydrogens is 264 g/mol. The molecular formula is C13H18N2O5. The average molecular weight is 282 g/mol. The molecule has 0 bridgehead atoms. The summed E-state index contributed by atoms with van der Waals surface area (Å²) in [6.07, 6.45) is -0.292. The van der Waals surface area contributed by atoms with Gasteiger partial charge in [-0.1, -0.05) is 0 Å². The van der Waals surface area contributed by atoms with Crippen LogP contribution in [0.3, 0.4) is 0 Å². The number of nitro benzene ring substituents is 1. The Kier molecular flexibility index (Phi) is 6.08. The van der Waals surface area contributed by atoms with Crippen LogP contribution in [0.4, 0.5) is 5.69 Å². The van der Waals surface area contributed by atoms with Crippen LogP contribution < -0.4 is 5.32 Å². The van der Waals surface area contributed by atoms with Crippen LogP contribution in [-0.4, -0.2) is 42.3 Å². The highest BCUT2D eigenvalue weighted by Crippen LogP contribution is 2.16. The van der Waals surface area contributed by atoms with Gasteiger partial charge >= 0.3 is 0 Å². The highest BCUT2D eigenvalue weighted by Gasteiger charge is 2.13. The quantitative estimate of drug-likeness (QED) is 0.574. The Labute approximate surface area is 116 Å². The smallest absolute Gasteiger partial charge is 0.270 e. The zero-order valence-electron chi connectivity index (χ0n) is 11.5. The zero-order valence-corrected chi connectivity index (χ0v) is 11.5. The lowest BCUT2D eigenvalue weighted by atomic mass is 10.1. The van der Waals surface area contributed by atoms with Crippen molar-refractivity contribution in [2.24, 2.45) is 0 Å². The fourth-order valence-corrected chi connectivity index (χ4v) is 1.73. The molecule has 1 atom stereocenters. The molecule has 0 saturated heterocycles. The third-order valence-electron chi connectivity index (χ3n) is 2.66. The summed E-state index contributed by atoms with van der Waals surface area (Å²) in [6.45, 7) is 2.16. The van der Waals surface area contributed by atoms with Crippen LogP contribution >= 0.6 is 0 Å². The predicted molar refractivity (Wildman–Crippen MR) is 72.7 cm³/mol. The minimum Gasteiger partial charge on any atom is -0.391 e. The van der Waals surface area contributed by atoms with Gasteiger partial charge in [0, 0.05) is 31.4 Å². The van der Waals surface area contributed by atoms with E-state index in [1.807, 2.05) is 0 Å². The molecule has 1 aromatic carbocycles. The summed E-state index contributed by atoms with van der Waals surface area (Å²) >= 11 is 0. The first-order chi connectivity index (χ1) is 9.43. The number of ether oxygens (including phenoxy) is 1. The number of rotatable bonds is 7. The molecule has 7 heteroatoms. The second kappa shape index (κ2) is 7.56. The molecule has 7 nitrogen and oxygen atoms in total. The Hall–Kier alpha value is -1.99. The van der Waals surface area contributed by atoms with Gasteiger partial charge in [-0.15, -0.1) is 0 Å². The molecule has 1 aromatic rings. The first-order valence-corrected chi connectivity index (χ1v) is 6.15. The number of methoxy groups -OCH3 is 1. The SMILES string of the molecule is COCC(O)CCNC(=O)c1cc(C)cc([N+](=O)[O-])c1. The number of amides is 1. The van der Waals surface area contributed by atoms with Crippen molar-refractivity contribution in [1.29, 1.82) is 0 Å². The molecule has 20 heavy (non-hydrogen) atoms. The van der Waals surface area contributed by atoms with Crippen LogP contribution in [0.15, 0.2) is 18.2 Å². The third kappa shape index (κ3) is 4.94. The molecule has 2 N–H and O–H groups in total. The summed E-state index contributed by atoms with van der Waals surface area (Å²) in [5.41, 5.74) is 0.760. The lowest BCUT2D eigenvalue weighted by molar-refractivity contribution is -0.384. The number of carbonyl (C=O) groups excluding carboxylic acids is 1. The van der Waals surface area contributed by atoms with Crippen LogP contribution in [0.1, 0.15) is 22.3 Å². The molecule has 0 aromatic heterocycles. The van der Waals surface area contributed by atoms with Crippen LogP contribution in [0, 0.1) is 17.0 Å². The van der Waals surface area contributed by atoms with E-state index in [1.54, 1.807) is 13.0 Å². The Morgan fingerprint density at radius 1 is 1.50 bits per heavy atom. The fraction of sp³-hybridized carbons (Fsp3) is 0.462. The normalized spacial score (nSPS) is 11.9. The van der Waals surface area contributed by atoms with E-state index in [-0.39, 0.29) is 24.4 Å².